The number of nitrogen functional groups attached to an aromatic ring is 1. The number of rotatable bonds is 3. The normalized spacial score (nSPS) is 22.9. The van der Waals surface area contributed by atoms with Gasteiger partial charge in [0.05, 0.1) is 0 Å². The van der Waals surface area contributed by atoms with Crippen LogP contribution in [0.3, 0.4) is 0 Å². The number of nitrogens with zero attached hydrogens (tertiary/aromatic N) is 2. The molecule has 0 spiro atoms. The predicted molar refractivity (Wildman–Crippen MR) is 85.3 cm³/mol. The van der Waals surface area contributed by atoms with Crippen LogP contribution in [0.2, 0.25) is 0 Å². The van der Waals surface area contributed by atoms with Crippen molar-refractivity contribution in [2.75, 3.05) is 38.5 Å². The molecule has 0 radical (unpaired) electrons. The Hall–Kier alpha value is -1.55. The maximum absolute atomic E-state index is 12.7. The van der Waals surface area contributed by atoms with Crippen LogP contribution in [0.4, 0.5) is 5.69 Å². The first-order valence-electron chi connectivity index (χ1n) is 8.01. The number of nitrogens with two attached hydrogens (primary N) is 1. The van der Waals surface area contributed by atoms with Gasteiger partial charge in [0.15, 0.2) is 0 Å². The molecular formula is C17H25N3O. The van der Waals surface area contributed by atoms with Crippen LogP contribution in [0.5, 0.6) is 0 Å². The molecule has 114 valence electrons. The summed E-state index contributed by atoms with van der Waals surface area (Å²) in [7, 11) is 0. The molecule has 2 fully saturated rings. The molecule has 0 bridgehead atoms. The summed E-state index contributed by atoms with van der Waals surface area (Å²) in [6.07, 6.45) is 3.79. The lowest BCUT2D eigenvalue weighted by Gasteiger charge is -2.21. The van der Waals surface area contributed by atoms with E-state index in [9.17, 15) is 4.79 Å². The number of hydrogen-bond donors (Lipinski definition) is 1. The summed E-state index contributed by atoms with van der Waals surface area (Å²) in [5, 5.41) is 0. The fourth-order valence-corrected chi connectivity index (χ4v) is 3.54. The van der Waals surface area contributed by atoms with Gasteiger partial charge in [-0.15, -0.1) is 0 Å². The van der Waals surface area contributed by atoms with Gasteiger partial charge < -0.3 is 15.5 Å². The van der Waals surface area contributed by atoms with E-state index in [2.05, 4.69) is 4.90 Å². The first-order chi connectivity index (χ1) is 10.1. The van der Waals surface area contributed by atoms with Gasteiger partial charge in [-0.1, -0.05) is 6.07 Å². The Bertz CT molecular complexity index is 523. The Balaban J connectivity index is 1.62. The monoisotopic (exact) mass is 287 g/mol. The minimum Gasteiger partial charge on any atom is -0.399 e. The molecule has 0 aliphatic carbocycles. The van der Waals surface area contributed by atoms with Crippen LogP contribution < -0.4 is 5.73 Å². The van der Waals surface area contributed by atoms with Gasteiger partial charge in [-0.25, -0.2) is 0 Å². The lowest BCUT2D eigenvalue weighted by molar-refractivity contribution is 0.0783. The van der Waals surface area contributed by atoms with Crippen molar-refractivity contribution in [2.24, 2.45) is 5.92 Å². The number of carbonyl (C=O) groups excluding carboxylic acids is 1. The van der Waals surface area contributed by atoms with E-state index in [0.717, 1.165) is 37.2 Å². The Morgan fingerprint density at radius 3 is 2.81 bits per heavy atom. The summed E-state index contributed by atoms with van der Waals surface area (Å²) in [5.74, 6) is 0.775. The summed E-state index contributed by atoms with van der Waals surface area (Å²) in [6.45, 7) is 7.37. The Morgan fingerprint density at radius 1 is 1.29 bits per heavy atom. The average molecular weight is 287 g/mol. The largest absolute Gasteiger partial charge is 0.399 e. The first kappa shape index (κ1) is 14.4. The summed E-state index contributed by atoms with van der Waals surface area (Å²) >= 11 is 0. The van der Waals surface area contributed by atoms with Crippen molar-refractivity contribution < 1.29 is 4.79 Å². The van der Waals surface area contributed by atoms with E-state index in [1.165, 1.54) is 25.9 Å². The molecule has 1 unspecified atom stereocenters. The zero-order chi connectivity index (χ0) is 14.8. The van der Waals surface area contributed by atoms with Crippen molar-refractivity contribution in [2.45, 2.75) is 26.2 Å². The minimum absolute atomic E-state index is 0.142. The first-order valence-corrected chi connectivity index (χ1v) is 8.01. The molecule has 21 heavy (non-hydrogen) atoms. The molecule has 3 rings (SSSR count). The van der Waals surface area contributed by atoms with Gasteiger partial charge in [-0.3, -0.25) is 4.79 Å². The molecule has 2 aliphatic rings. The highest BCUT2D eigenvalue weighted by molar-refractivity contribution is 5.96. The van der Waals surface area contributed by atoms with Gasteiger partial charge in [0.25, 0.3) is 5.91 Å². The highest BCUT2D eigenvalue weighted by atomic mass is 16.2. The number of hydrogen-bond acceptors (Lipinski definition) is 3. The number of carbonyl (C=O) groups is 1. The second kappa shape index (κ2) is 6.06. The SMILES string of the molecule is Cc1ccc(N)cc1C(=O)N1CCC(CN2CCCC2)C1. The van der Waals surface area contributed by atoms with Crippen LogP contribution in [0.15, 0.2) is 18.2 Å². The quantitative estimate of drug-likeness (QED) is 0.867. The second-order valence-corrected chi connectivity index (χ2v) is 6.49. The van der Waals surface area contributed by atoms with Gasteiger partial charge in [0.2, 0.25) is 0 Å². The number of anilines is 1. The molecule has 4 nitrogen and oxygen atoms in total. The topological polar surface area (TPSA) is 49.6 Å². The molecule has 1 aromatic rings. The molecule has 1 amide bonds. The summed E-state index contributed by atoms with van der Waals surface area (Å²) in [5.41, 5.74) is 8.26. The third-order valence-electron chi connectivity index (χ3n) is 4.78. The van der Waals surface area contributed by atoms with Crippen molar-refractivity contribution in [3.05, 3.63) is 29.3 Å². The van der Waals surface area contributed by atoms with Crippen LogP contribution in [0.25, 0.3) is 0 Å². The predicted octanol–water partition coefficient (Wildman–Crippen LogP) is 2.14. The van der Waals surface area contributed by atoms with Crippen LogP contribution in [0.1, 0.15) is 35.2 Å². The Labute approximate surface area is 126 Å². The number of likely N-dealkylation sites (tertiary alicyclic amines) is 2. The van der Waals surface area contributed by atoms with Gasteiger partial charge in [-0.05, 0) is 62.9 Å². The summed E-state index contributed by atoms with van der Waals surface area (Å²) in [4.78, 5) is 17.2. The number of amides is 1. The van der Waals surface area contributed by atoms with Crippen molar-refractivity contribution >= 4 is 11.6 Å². The summed E-state index contributed by atoms with van der Waals surface area (Å²) in [6, 6.07) is 5.60. The van der Waals surface area contributed by atoms with Crippen molar-refractivity contribution in [3.8, 4) is 0 Å². The third-order valence-corrected chi connectivity index (χ3v) is 4.78. The fourth-order valence-electron chi connectivity index (χ4n) is 3.54. The van der Waals surface area contributed by atoms with Crippen molar-refractivity contribution in [1.82, 2.24) is 9.80 Å². The Morgan fingerprint density at radius 2 is 2.05 bits per heavy atom. The van der Waals surface area contributed by atoms with Crippen LogP contribution >= 0.6 is 0 Å². The lowest BCUT2D eigenvalue weighted by Crippen LogP contribution is -2.32. The molecule has 2 heterocycles. The smallest absolute Gasteiger partial charge is 0.254 e. The van der Waals surface area contributed by atoms with Gasteiger partial charge in [0, 0.05) is 30.9 Å². The standard InChI is InChI=1S/C17H25N3O/c1-13-4-5-15(18)10-16(13)17(21)20-9-6-14(12-20)11-19-7-2-3-8-19/h4-5,10,14H,2-3,6-9,11-12,18H2,1H3. The molecule has 2 saturated heterocycles. The zero-order valence-corrected chi connectivity index (χ0v) is 12.8. The average Bonchev–Trinajstić information content (AvgIpc) is 3.13. The third kappa shape index (κ3) is 3.21. The zero-order valence-electron chi connectivity index (χ0n) is 12.8. The van der Waals surface area contributed by atoms with E-state index in [0.29, 0.717) is 11.6 Å². The van der Waals surface area contributed by atoms with E-state index in [1.54, 1.807) is 0 Å². The van der Waals surface area contributed by atoms with E-state index < -0.39 is 0 Å². The number of benzene rings is 1. The van der Waals surface area contributed by atoms with E-state index >= 15 is 0 Å². The van der Waals surface area contributed by atoms with Crippen molar-refractivity contribution in [1.29, 1.82) is 0 Å². The second-order valence-electron chi connectivity index (χ2n) is 6.49. The van der Waals surface area contributed by atoms with Gasteiger partial charge >= 0.3 is 0 Å². The van der Waals surface area contributed by atoms with Gasteiger partial charge in [-0.2, -0.15) is 0 Å². The molecule has 0 saturated carbocycles. The van der Waals surface area contributed by atoms with E-state index in [-0.39, 0.29) is 5.91 Å². The van der Waals surface area contributed by atoms with E-state index in [4.69, 9.17) is 5.73 Å². The molecule has 2 N–H and O–H groups in total. The highest BCUT2D eigenvalue weighted by Crippen LogP contribution is 2.23. The van der Waals surface area contributed by atoms with E-state index in [1.807, 2.05) is 30.0 Å². The molecule has 0 aromatic heterocycles. The summed E-state index contributed by atoms with van der Waals surface area (Å²) < 4.78 is 0. The molecule has 2 aliphatic heterocycles. The maximum atomic E-state index is 12.7. The molecular weight excluding hydrogens is 262 g/mol. The minimum atomic E-state index is 0.142. The van der Waals surface area contributed by atoms with Crippen LogP contribution in [-0.4, -0.2) is 48.4 Å². The maximum Gasteiger partial charge on any atom is 0.254 e. The molecule has 1 aromatic carbocycles. The van der Waals surface area contributed by atoms with Crippen LogP contribution in [-0.2, 0) is 0 Å². The highest BCUT2D eigenvalue weighted by Gasteiger charge is 2.29. The molecule has 4 heteroatoms. The number of aryl methyl sites for hydroxylation is 1. The fraction of sp³-hybridized carbons (Fsp3) is 0.588. The Kier molecular flexibility index (Phi) is 4.15. The van der Waals surface area contributed by atoms with Gasteiger partial charge in [0.1, 0.15) is 0 Å². The van der Waals surface area contributed by atoms with Crippen molar-refractivity contribution in [3.63, 3.8) is 0 Å². The lowest BCUT2D eigenvalue weighted by atomic mass is 10.1. The van der Waals surface area contributed by atoms with Crippen LogP contribution in [0, 0.1) is 12.8 Å². The molecule has 1 atom stereocenters.